The molecule has 1 heterocycles. The van der Waals surface area contributed by atoms with Gasteiger partial charge in [0.15, 0.2) is 0 Å². The number of carbonyl (C=O) groups is 1. The first-order valence-corrected chi connectivity index (χ1v) is 7.75. The molecule has 112 valence electrons. The van der Waals surface area contributed by atoms with Gasteiger partial charge in [-0.1, -0.05) is 0 Å². The summed E-state index contributed by atoms with van der Waals surface area (Å²) >= 11 is 0. The summed E-state index contributed by atoms with van der Waals surface area (Å²) in [7, 11) is -3.82. The molecule has 1 amide bonds. The minimum Gasteiger partial charge on any atom is -0.355 e. The molecular formula is C11H19N5O3S. The lowest BCUT2D eigenvalue weighted by molar-refractivity contribution is -0.122. The largest absolute Gasteiger partial charge is 0.355 e. The van der Waals surface area contributed by atoms with Crippen LogP contribution in [0.25, 0.3) is 0 Å². The van der Waals surface area contributed by atoms with Crippen molar-refractivity contribution in [1.82, 2.24) is 20.0 Å². The molecule has 1 aromatic heterocycles. The van der Waals surface area contributed by atoms with E-state index in [2.05, 4.69) is 25.3 Å². The van der Waals surface area contributed by atoms with E-state index >= 15 is 0 Å². The van der Waals surface area contributed by atoms with Crippen molar-refractivity contribution < 1.29 is 13.2 Å². The van der Waals surface area contributed by atoms with Gasteiger partial charge < -0.3 is 10.6 Å². The fourth-order valence-corrected chi connectivity index (χ4v) is 2.48. The molecule has 0 spiro atoms. The second kappa shape index (κ2) is 7.15. The number of amides is 1. The first-order valence-electron chi connectivity index (χ1n) is 6.26. The van der Waals surface area contributed by atoms with Crippen molar-refractivity contribution in [3.05, 3.63) is 12.4 Å². The second-order valence-corrected chi connectivity index (χ2v) is 5.72. The Balaban J connectivity index is 2.80. The van der Waals surface area contributed by atoms with Crippen molar-refractivity contribution in [2.45, 2.75) is 31.7 Å². The first kappa shape index (κ1) is 16.3. The maximum absolute atomic E-state index is 12.0. The summed E-state index contributed by atoms with van der Waals surface area (Å²) in [6, 6.07) is -0.867. The number of aromatic nitrogens is 2. The van der Waals surface area contributed by atoms with E-state index in [-0.39, 0.29) is 10.8 Å². The maximum Gasteiger partial charge on any atom is 0.244 e. The summed E-state index contributed by atoms with van der Waals surface area (Å²) in [4.78, 5) is 19.2. The zero-order valence-electron chi connectivity index (χ0n) is 11.7. The van der Waals surface area contributed by atoms with E-state index in [1.165, 1.54) is 19.3 Å². The minimum atomic E-state index is -3.82. The summed E-state index contributed by atoms with van der Waals surface area (Å²) < 4.78 is 26.3. The van der Waals surface area contributed by atoms with Gasteiger partial charge in [-0.2, -0.15) is 4.72 Å². The molecule has 0 aliphatic heterocycles. The molecule has 0 aliphatic rings. The standard InChI is InChI=1S/C11H19N5O3S/c1-4-12-10(17)8(3)16-20(18,19)9-6-14-11(13-5-2)15-7-9/h6-8,16H,4-5H2,1-3H3,(H,12,17)(H,13,14,15). The Hall–Kier alpha value is -1.74. The number of sulfonamides is 1. The van der Waals surface area contributed by atoms with Gasteiger partial charge in [-0.25, -0.2) is 18.4 Å². The molecule has 1 aromatic rings. The van der Waals surface area contributed by atoms with E-state index in [1.54, 1.807) is 6.92 Å². The molecule has 0 bridgehead atoms. The van der Waals surface area contributed by atoms with Crippen molar-refractivity contribution in [2.75, 3.05) is 18.4 Å². The van der Waals surface area contributed by atoms with Crippen LogP contribution in [0.4, 0.5) is 5.95 Å². The third-order valence-electron chi connectivity index (χ3n) is 2.35. The van der Waals surface area contributed by atoms with Gasteiger partial charge in [0.25, 0.3) is 0 Å². The Morgan fingerprint density at radius 2 is 1.85 bits per heavy atom. The Kier molecular flexibility index (Phi) is 5.83. The van der Waals surface area contributed by atoms with Crippen molar-refractivity contribution in [3.63, 3.8) is 0 Å². The van der Waals surface area contributed by atoms with Gasteiger partial charge in [-0.15, -0.1) is 0 Å². The molecule has 1 rings (SSSR count). The van der Waals surface area contributed by atoms with E-state index in [9.17, 15) is 13.2 Å². The zero-order valence-corrected chi connectivity index (χ0v) is 12.5. The molecule has 0 aromatic carbocycles. The van der Waals surface area contributed by atoms with E-state index < -0.39 is 16.1 Å². The SMILES string of the molecule is CCNC(=O)C(C)NS(=O)(=O)c1cnc(NCC)nc1. The highest BCUT2D eigenvalue weighted by atomic mass is 32.2. The molecule has 20 heavy (non-hydrogen) atoms. The molecule has 1 atom stereocenters. The molecule has 8 nitrogen and oxygen atoms in total. The van der Waals surface area contributed by atoms with Crippen LogP contribution in [0.1, 0.15) is 20.8 Å². The van der Waals surface area contributed by atoms with E-state index in [4.69, 9.17) is 0 Å². The van der Waals surface area contributed by atoms with Gasteiger partial charge >= 0.3 is 0 Å². The molecule has 0 aliphatic carbocycles. The first-order chi connectivity index (χ1) is 9.40. The lowest BCUT2D eigenvalue weighted by atomic mass is 10.3. The molecule has 3 N–H and O–H groups in total. The Labute approximate surface area is 118 Å². The van der Waals surface area contributed by atoms with Crippen LogP contribution in [0.5, 0.6) is 0 Å². The molecule has 0 saturated heterocycles. The lowest BCUT2D eigenvalue weighted by Crippen LogP contribution is -2.44. The lowest BCUT2D eigenvalue weighted by Gasteiger charge is -2.13. The number of rotatable bonds is 7. The quantitative estimate of drug-likeness (QED) is 0.638. The second-order valence-electron chi connectivity index (χ2n) is 4.01. The Bertz CT molecular complexity index is 544. The van der Waals surface area contributed by atoms with Crippen molar-refractivity contribution >= 4 is 21.9 Å². The highest BCUT2D eigenvalue weighted by Gasteiger charge is 2.22. The van der Waals surface area contributed by atoms with Gasteiger partial charge in [0, 0.05) is 13.1 Å². The van der Waals surface area contributed by atoms with Crippen LogP contribution < -0.4 is 15.4 Å². The summed E-state index contributed by atoms with van der Waals surface area (Å²) in [6.07, 6.45) is 2.38. The maximum atomic E-state index is 12.0. The van der Waals surface area contributed by atoms with Gasteiger partial charge in [0.05, 0.1) is 18.4 Å². The minimum absolute atomic E-state index is 0.0877. The number of nitrogens with one attached hydrogen (secondary N) is 3. The molecule has 0 radical (unpaired) electrons. The van der Waals surface area contributed by atoms with Crippen molar-refractivity contribution in [3.8, 4) is 0 Å². The number of hydrogen-bond donors (Lipinski definition) is 3. The summed E-state index contributed by atoms with van der Waals surface area (Å²) in [6.45, 7) is 6.18. The van der Waals surface area contributed by atoms with Crippen LogP contribution in [-0.4, -0.2) is 43.4 Å². The molecule has 0 saturated carbocycles. The molecule has 9 heteroatoms. The van der Waals surface area contributed by atoms with Crippen LogP contribution in [0, 0.1) is 0 Å². The van der Waals surface area contributed by atoms with Crippen LogP contribution in [0.3, 0.4) is 0 Å². The van der Waals surface area contributed by atoms with E-state index in [1.807, 2.05) is 6.92 Å². The highest BCUT2D eigenvalue weighted by Crippen LogP contribution is 2.08. The van der Waals surface area contributed by atoms with Crippen LogP contribution in [-0.2, 0) is 14.8 Å². The fraction of sp³-hybridized carbons (Fsp3) is 0.545. The van der Waals surface area contributed by atoms with Gasteiger partial charge in [0.1, 0.15) is 4.90 Å². The van der Waals surface area contributed by atoms with Crippen LogP contribution >= 0.6 is 0 Å². The zero-order chi connectivity index (χ0) is 15.2. The monoisotopic (exact) mass is 301 g/mol. The fourth-order valence-electron chi connectivity index (χ4n) is 1.39. The highest BCUT2D eigenvalue weighted by molar-refractivity contribution is 7.89. The summed E-state index contributed by atoms with van der Waals surface area (Å²) in [5.41, 5.74) is 0. The van der Waals surface area contributed by atoms with Gasteiger partial charge in [-0.05, 0) is 20.8 Å². The topological polar surface area (TPSA) is 113 Å². The average Bonchev–Trinajstić information content (AvgIpc) is 2.39. The Morgan fingerprint density at radius 1 is 1.25 bits per heavy atom. The summed E-state index contributed by atoms with van der Waals surface area (Å²) in [5, 5.41) is 5.40. The smallest absolute Gasteiger partial charge is 0.244 e. The van der Waals surface area contributed by atoms with Gasteiger partial charge in [-0.3, -0.25) is 4.79 Å². The van der Waals surface area contributed by atoms with Crippen molar-refractivity contribution in [2.24, 2.45) is 0 Å². The predicted octanol–water partition coefficient (Wildman–Crippen LogP) is -0.289. The molecule has 0 fully saturated rings. The number of likely N-dealkylation sites (N-methyl/N-ethyl adjacent to an activating group) is 1. The van der Waals surface area contributed by atoms with E-state index in [0.717, 1.165) is 0 Å². The number of hydrogen-bond acceptors (Lipinski definition) is 6. The Morgan fingerprint density at radius 3 is 2.35 bits per heavy atom. The number of nitrogens with zero attached hydrogens (tertiary/aromatic N) is 2. The van der Waals surface area contributed by atoms with Crippen LogP contribution in [0.15, 0.2) is 17.3 Å². The third-order valence-corrected chi connectivity index (χ3v) is 3.84. The third kappa shape index (κ3) is 4.42. The molecular weight excluding hydrogens is 282 g/mol. The van der Waals surface area contributed by atoms with E-state index in [0.29, 0.717) is 19.0 Å². The predicted molar refractivity (Wildman–Crippen MR) is 74.7 cm³/mol. The number of carbonyl (C=O) groups excluding carboxylic acids is 1. The van der Waals surface area contributed by atoms with Crippen molar-refractivity contribution in [1.29, 1.82) is 0 Å². The summed E-state index contributed by atoms with van der Waals surface area (Å²) in [5.74, 6) is -0.0375. The normalized spacial score (nSPS) is 12.8. The van der Waals surface area contributed by atoms with Crippen LogP contribution in [0.2, 0.25) is 0 Å². The van der Waals surface area contributed by atoms with Gasteiger partial charge in [0.2, 0.25) is 21.9 Å². The average molecular weight is 301 g/mol. The molecule has 1 unspecified atom stereocenters. The number of anilines is 1.